The molecule has 0 aliphatic heterocycles. The maximum atomic E-state index is 12.7. The molecule has 0 saturated heterocycles. The Morgan fingerprint density at radius 3 is 2.71 bits per heavy atom. The second-order valence-electron chi connectivity index (χ2n) is 6.97. The second-order valence-corrected chi connectivity index (χ2v) is 7.91. The molecule has 3 aromatic rings. The van der Waals surface area contributed by atoms with Crippen LogP contribution in [0.25, 0.3) is 11.0 Å². The minimum atomic E-state index is 0.100. The topological polar surface area (TPSA) is 73.1 Å². The second kappa shape index (κ2) is 8.26. The summed E-state index contributed by atoms with van der Waals surface area (Å²) in [5.74, 6) is 0.672. The monoisotopic (exact) mass is 401 g/mol. The van der Waals surface area contributed by atoms with E-state index in [9.17, 15) is 4.79 Å². The lowest BCUT2D eigenvalue weighted by atomic mass is 10.00. The van der Waals surface area contributed by atoms with Crippen LogP contribution in [0, 0.1) is 13.8 Å². The Bertz CT molecular complexity index is 1010. The van der Waals surface area contributed by atoms with Crippen LogP contribution in [-0.4, -0.2) is 44.7 Å². The predicted molar refractivity (Wildman–Crippen MR) is 111 cm³/mol. The highest BCUT2D eigenvalue weighted by Gasteiger charge is 2.19. The first-order valence-corrected chi connectivity index (χ1v) is 10.3. The average molecular weight is 402 g/mol. The molecule has 0 radical (unpaired) electrons. The number of aryl methyl sites for hydroxylation is 4. The van der Waals surface area contributed by atoms with E-state index >= 15 is 0 Å². The zero-order valence-corrected chi connectivity index (χ0v) is 18.2. The molecule has 8 heteroatoms. The van der Waals surface area contributed by atoms with Crippen molar-refractivity contribution in [2.24, 2.45) is 7.05 Å². The number of carbonyl (C=O) groups excluding carboxylic acids is 1. The van der Waals surface area contributed by atoms with Crippen LogP contribution >= 0.6 is 11.3 Å². The molecule has 0 aromatic carbocycles. The van der Waals surface area contributed by atoms with Crippen LogP contribution < -0.4 is 4.74 Å². The third kappa shape index (κ3) is 3.87. The van der Waals surface area contributed by atoms with E-state index < -0.39 is 0 Å². The van der Waals surface area contributed by atoms with Crippen molar-refractivity contribution in [3.05, 3.63) is 32.9 Å². The molecule has 1 amide bonds. The highest BCUT2D eigenvalue weighted by molar-refractivity contribution is 7.09. The fourth-order valence-electron chi connectivity index (χ4n) is 3.45. The number of methoxy groups -OCH3 is 1. The highest BCUT2D eigenvalue weighted by atomic mass is 32.1. The normalized spacial score (nSPS) is 11.2. The van der Waals surface area contributed by atoms with Crippen molar-refractivity contribution < 1.29 is 9.53 Å². The van der Waals surface area contributed by atoms with Gasteiger partial charge in [-0.05, 0) is 37.8 Å². The van der Waals surface area contributed by atoms with Gasteiger partial charge in [0.25, 0.3) is 0 Å². The quantitative estimate of drug-likeness (QED) is 0.608. The molecule has 0 bridgehead atoms. The largest absolute Gasteiger partial charge is 0.479 e. The lowest BCUT2D eigenvalue weighted by molar-refractivity contribution is -0.130. The maximum absolute atomic E-state index is 12.7. The van der Waals surface area contributed by atoms with Crippen LogP contribution in [0.1, 0.15) is 40.9 Å². The van der Waals surface area contributed by atoms with Crippen LogP contribution in [0.4, 0.5) is 0 Å². The van der Waals surface area contributed by atoms with Gasteiger partial charge in [-0.1, -0.05) is 6.92 Å². The number of carbonyl (C=O) groups is 1. The van der Waals surface area contributed by atoms with Crippen molar-refractivity contribution in [2.45, 2.75) is 46.6 Å². The summed E-state index contributed by atoms with van der Waals surface area (Å²) >= 11 is 1.65. The minimum Gasteiger partial charge on any atom is -0.479 e. The molecule has 0 atom stereocenters. The summed E-state index contributed by atoms with van der Waals surface area (Å²) in [4.78, 5) is 23.6. The molecule has 0 N–H and O–H groups in total. The van der Waals surface area contributed by atoms with Gasteiger partial charge in [0, 0.05) is 31.6 Å². The third-order valence-electron chi connectivity index (χ3n) is 5.03. The fourth-order valence-corrected chi connectivity index (χ4v) is 4.18. The summed E-state index contributed by atoms with van der Waals surface area (Å²) in [6, 6.07) is 0. The molecule has 0 aliphatic rings. The zero-order valence-electron chi connectivity index (χ0n) is 17.4. The summed E-state index contributed by atoms with van der Waals surface area (Å²) in [6.45, 7) is 6.66. The van der Waals surface area contributed by atoms with E-state index in [1.807, 2.05) is 33.3 Å². The van der Waals surface area contributed by atoms with E-state index in [4.69, 9.17) is 9.72 Å². The van der Waals surface area contributed by atoms with Gasteiger partial charge < -0.3 is 9.64 Å². The Balaban J connectivity index is 1.74. The molecule has 0 aliphatic carbocycles. The third-order valence-corrected chi connectivity index (χ3v) is 6.07. The number of rotatable bonds is 7. The van der Waals surface area contributed by atoms with Crippen LogP contribution in [0.5, 0.6) is 5.88 Å². The molecule has 3 rings (SSSR count). The van der Waals surface area contributed by atoms with Gasteiger partial charge in [-0.25, -0.2) is 14.6 Å². The number of pyridine rings is 1. The summed E-state index contributed by atoms with van der Waals surface area (Å²) in [5, 5.41) is 8.43. The molecule has 0 spiro atoms. The van der Waals surface area contributed by atoms with Crippen molar-refractivity contribution in [3.8, 4) is 5.88 Å². The Labute approximate surface area is 169 Å². The summed E-state index contributed by atoms with van der Waals surface area (Å²) in [6.07, 6.45) is 1.99. The Hall–Kier alpha value is -2.48. The molecule has 0 fully saturated rings. The van der Waals surface area contributed by atoms with Crippen molar-refractivity contribution in [3.63, 3.8) is 0 Å². The number of amides is 1. The van der Waals surface area contributed by atoms with Crippen LogP contribution in [0.3, 0.4) is 0 Å². The molecule has 7 nitrogen and oxygen atoms in total. The first-order chi connectivity index (χ1) is 13.3. The van der Waals surface area contributed by atoms with E-state index in [0.717, 1.165) is 45.0 Å². The standard InChI is InChI=1S/C20H27N5O2S/c1-7-16-22-14(11-28-16)10-24(4)17(26)9-8-15-12(2)18-19(21-13(15)3)25(5)23-20(18)27-6/h11H,7-10H2,1-6H3. The number of fused-ring (bicyclic) bond motifs is 1. The van der Waals surface area contributed by atoms with Gasteiger partial charge >= 0.3 is 0 Å². The Morgan fingerprint density at radius 1 is 1.32 bits per heavy atom. The minimum absolute atomic E-state index is 0.100. The zero-order chi connectivity index (χ0) is 20.4. The van der Waals surface area contributed by atoms with Gasteiger partial charge in [0.1, 0.15) is 0 Å². The number of hydrogen-bond donors (Lipinski definition) is 0. The van der Waals surface area contributed by atoms with Crippen molar-refractivity contribution in [1.82, 2.24) is 24.6 Å². The SMILES string of the molecule is CCc1nc(CN(C)C(=O)CCc2c(C)nc3c(c(OC)nn3C)c2C)cs1. The summed E-state index contributed by atoms with van der Waals surface area (Å²) < 4.78 is 7.14. The molecular formula is C20H27N5O2S. The molecule has 0 unspecified atom stereocenters. The Kier molecular flexibility index (Phi) is 5.98. The van der Waals surface area contributed by atoms with Gasteiger partial charge in [-0.15, -0.1) is 16.4 Å². The van der Waals surface area contributed by atoms with E-state index in [1.54, 1.807) is 28.0 Å². The molecular weight excluding hydrogens is 374 g/mol. The van der Waals surface area contributed by atoms with Gasteiger partial charge in [-0.2, -0.15) is 0 Å². The van der Waals surface area contributed by atoms with Crippen molar-refractivity contribution in [2.75, 3.05) is 14.2 Å². The van der Waals surface area contributed by atoms with Crippen molar-refractivity contribution >= 4 is 28.3 Å². The average Bonchev–Trinajstić information content (AvgIpc) is 3.25. The molecule has 3 aromatic heterocycles. The number of ether oxygens (including phenoxy) is 1. The predicted octanol–water partition coefficient (Wildman–Crippen LogP) is 3.20. The first-order valence-electron chi connectivity index (χ1n) is 9.39. The summed E-state index contributed by atoms with van der Waals surface area (Å²) in [5.41, 5.74) is 4.85. The van der Waals surface area contributed by atoms with Gasteiger partial charge in [0.05, 0.1) is 29.7 Å². The first kappa shape index (κ1) is 20.3. The number of hydrogen-bond acceptors (Lipinski definition) is 6. The molecule has 0 saturated carbocycles. The van der Waals surface area contributed by atoms with E-state index in [2.05, 4.69) is 17.0 Å². The van der Waals surface area contributed by atoms with E-state index in [0.29, 0.717) is 25.3 Å². The molecule has 3 heterocycles. The maximum Gasteiger partial charge on any atom is 0.242 e. The lowest BCUT2D eigenvalue weighted by Crippen LogP contribution is -2.26. The van der Waals surface area contributed by atoms with E-state index in [-0.39, 0.29) is 5.91 Å². The van der Waals surface area contributed by atoms with Crippen LogP contribution in [0.2, 0.25) is 0 Å². The number of nitrogens with zero attached hydrogens (tertiary/aromatic N) is 5. The van der Waals surface area contributed by atoms with E-state index in [1.165, 1.54) is 0 Å². The van der Waals surface area contributed by atoms with Crippen LogP contribution in [-0.2, 0) is 31.2 Å². The summed E-state index contributed by atoms with van der Waals surface area (Å²) in [7, 11) is 5.30. The number of aromatic nitrogens is 4. The number of thiazole rings is 1. The van der Waals surface area contributed by atoms with Crippen LogP contribution in [0.15, 0.2) is 5.38 Å². The molecule has 28 heavy (non-hydrogen) atoms. The Morgan fingerprint density at radius 2 is 2.07 bits per heavy atom. The van der Waals surface area contributed by atoms with Gasteiger partial charge in [0.15, 0.2) is 5.65 Å². The smallest absolute Gasteiger partial charge is 0.242 e. The highest BCUT2D eigenvalue weighted by Crippen LogP contribution is 2.30. The van der Waals surface area contributed by atoms with Crippen molar-refractivity contribution in [1.29, 1.82) is 0 Å². The molecule has 150 valence electrons. The fraction of sp³-hybridized carbons (Fsp3) is 0.500. The van der Waals surface area contributed by atoms with Gasteiger partial charge in [-0.3, -0.25) is 4.79 Å². The van der Waals surface area contributed by atoms with Gasteiger partial charge in [0.2, 0.25) is 11.8 Å². The lowest BCUT2D eigenvalue weighted by Gasteiger charge is -2.17.